The molecule has 6 atom stereocenters. The zero-order valence-electron chi connectivity index (χ0n) is 10.6. The van der Waals surface area contributed by atoms with Crippen molar-refractivity contribution >= 4 is 5.69 Å². The van der Waals surface area contributed by atoms with Crippen LogP contribution in [0.5, 0.6) is 0 Å². The lowest BCUT2D eigenvalue weighted by molar-refractivity contribution is 0.122. The lowest BCUT2D eigenvalue weighted by atomic mass is 9.59. The van der Waals surface area contributed by atoms with Crippen LogP contribution in [-0.4, -0.2) is 12.1 Å². The molecular formula is C16H15N3. The van der Waals surface area contributed by atoms with E-state index in [-0.39, 0.29) is 11.8 Å². The molecule has 1 heterocycles. The van der Waals surface area contributed by atoms with Crippen LogP contribution in [0.1, 0.15) is 12.8 Å². The van der Waals surface area contributed by atoms with Gasteiger partial charge in [-0.1, -0.05) is 18.2 Å². The molecule has 0 spiro atoms. The fraction of sp³-hybridized carbons (Fsp3) is 0.500. The Kier molecular flexibility index (Phi) is 2.15. The average Bonchev–Trinajstić information content (AvgIpc) is 3.24. The second kappa shape index (κ2) is 3.75. The third kappa shape index (κ3) is 1.31. The number of benzene rings is 1. The highest BCUT2D eigenvalue weighted by molar-refractivity contribution is 5.59. The summed E-state index contributed by atoms with van der Waals surface area (Å²) in [7, 11) is 0. The van der Waals surface area contributed by atoms with Crippen molar-refractivity contribution in [1.82, 2.24) is 0 Å². The maximum atomic E-state index is 9.39. The number of hydrogen-bond donors (Lipinski definition) is 0. The van der Waals surface area contributed by atoms with Crippen LogP contribution in [0.3, 0.4) is 0 Å². The van der Waals surface area contributed by atoms with Gasteiger partial charge >= 0.3 is 0 Å². The van der Waals surface area contributed by atoms with Gasteiger partial charge in [-0.2, -0.15) is 10.5 Å². The maximum Gasteiger partial charge on any atom is 0.0673 e. The van der Waals surface area contributed by atoms with Gasteiger partial charge in [-0.3, -0.25) is 0 Å². The first-order valence-electron chi connectivity index (χ1n) is 6.99. The number of nitrogens with zero attached hydrogens (tertiary/aromatic N) is 3. The molecule has 2 bridgehead atoms. The molecule has 0 radical (unpaired) electrons. The highest BCUT2D eigenvalue weighted by Crippen LogP contribution is 2.60. The van der Waals surface area contributed by atoms with Crippen LogP contribution >= 0.6 is 0 Å². The summed E-state index contributed by atoms with van der Waals surface area (Å²) in [4.78, 5) is 2.45. The van der Waals surface area contributed by atoms with Crippen LogP contribution in [0, 0.1) is 46.3 Å². The Labute approximate surface area is 113 Å². The third-order valence-corrected chi connectivity index (χ3v) is 5.28. The van der Waals surface area contributed by atoms with Crippen LogP contribution in [0.25, 0.3) is 0 Å². The minimum Gasteiger partial charge on any atom is -0.361 e. The van der Waals surface area contributed by atoms with Gasteiger partial charge in [-0.15, -0.1) is 0 Å². The molecule has 0 aromatic heterocycles. The summed E-state index contributed by atoms with van der Waals surface area (Å²) < 4.78 is 0. The number of anilines is 1. The standard InChI is InChI=1S/C16H15N3/c17-8-13-11-6-7-12(14(13)9-18)16-15(11)19(16)10-4-2-1-3-5-10/h1-5,11-16H,6-7H2/t11-,12-,13-,14+,15+,16+,19?/m1/s1. The molecule has 3 nitrogen and oxygen atoms in total. The lowest BCUT2D eigenvalue weighted by Gasteiger charge is -2.40. The van der Waals surface area contributed by atoms with Gasteiger partial charge in [0.25, 0.3) is 0 Å². The predicted octanol–water partition coefficient (Wildman–Crippen LogP) is 2.56. The Morgan fingerprint density at radius 2 is 1.42 bits per heavy atom. The molecule has 3 aliphatic carbocycles. The highest BCUT2D eigenvalue weighted by atomic mass is 15.4. The summed E-state index contributed by atoms with van der Waals surface area (Å²) in [6.45, 7) is 0. The van der Waals surface area contributed by atoms with Gasteiger partial charge < -0.3 is 4.90 Å². The summed E-state index contributed by atoms with van der Waals surface area (Å²) in [6.07, 6.45) is 2.23. The molecule has 4 fully saturated rings. The monoisotopic (exact) mass is 249 g/mol. The molecule has 3 saturated carbocycles. The van der Waals surface area contributed by atoms with E-state index in [2.05, 4.69) is 41.3 Å². The molecule has 1 aromatic rings. The molecular weight excluding hydrogens is 234 g/mol. The van der Waals surface area contributed by atoms with Gasteiger partial charge in [0.2, 0.25) is 0 Å². The predicted molar refractivity (Wildman–Crippen MR) is 70.9 cm³/mol. The van der Waals surface area contributed by atoms with E-state index in [4.69, 9.17) is 0 Å². The summed E-state index contributed by atoms with van der Waals surface area (Å²) in [5, 5.41) is 18.8. The van der Waals surface area contributed by atoms with E-state index in [0.717, 1.165) is 12.8 Å². The van der Waals surface area contributed by atoms with Crippen molar-refractivity contribution in [2.45, 2.75) is 24.9 Å². The second-order valence-electron chi connectivity index (χ2n) is 5.94. The molecule has 0 amide bonds. The Hall–Kier alpha value is -2.00. The molecule has 0 unspecified atom stereocenters. The Morgan fingerprint density at radius 3 is 1.89 bits per heavy atom. The molecule has 0 N–H and O–H groups in total. The Balaban J connectivity index is 1.71. The van der Waals surface area contributed by atoms with E-state index in [1.165, 1.54) is 5.69 Å². The fourth-order valence-electron chi connectivity index (χ4n) is 4.53. The van der Waals surface area contributed by atoms with Crippen molar-refractivity contribution in [3.63, 3.8) is 0 Å². The van der Waals surface area contributed by atoms with E-state index in [1.807, 2.05) is 6.07 Å². The zero-order valence-corrected chi connectivity index (χ0v) is 10.6. The minimum atomic E-state index is -0.0567. The minimum absolute atomic E-state index is 0.0567. The van der Waals surface area contributed by atoms with Crippen molar-refractivity contribution in [2.24, 2.45) is 23.7 Å². The van der Waals surface area contributed by atoms with Crippen molar-refractivity contribution in [3.05, 3.63) is 30.3 Å². The zero-order chi connectivity index (χ0) is 13.0. The number of fused-ring (bicyclic) bond motifs is 2. The van der Waals surface area contributed by atoms with Crippen LogP contribution in [0.2, 0.25) is 0 Å². The SMILES string of the molecule is N#C[C@@H]1[C@H](C#N)[C@H]2CC[C@H]1[C@H]1[C@H]2N1c1ccccc1. The number of para-hydroxylation sites is 1. The fourth-order valence-corrected chi connectivity index (χ4v) is 4.53. The van der Waals surface area contributed by atoms with Crippen LogP contribution < -0.4 is 4.90 Å². The third-order valence-electron chi connectivity index (χ3n) is 5.28. The molecule has 19 heavy (non-hydrogen) atoms. The quantitative estimate of drug-likeness (QED) is 0.719. The smallest absolute Gasteiger partial charge is 0.0673 e. The van der Waals surface area contributed by atoms with Gasteiger partial charge in [0.05, 0.1) is 36.1 Å². The van der Waals surface area contributed by atoms with Gasteiger partial charge in [-0.25, -0.2) is 0 Å². The largest absolute Gasteiger partial charge is 0.361 e. The number of hydrogen-bond acceptors (Lipinski definition) is 3. The number of rotatable bonds is 1. The van der Waals surface area contributed by atoms with E-state index >= 15 is 0 Å². The van der Waals surface area contributed by atoms with Crippen molar-refractivity contribution in [2.75, 3.05) is 4.90 Å². The van der Waals surface area contributed by atoms with Gasteiger partial charge in [0, 0.05) is 5.69 Å². The van der Waals surface area contributed by atoms with E-state index < -0.39 is 0 Å². The van der Waals surface area contributed by atoms with E-state index in [0.29, 0.717) is 23.9 Å². The molecule has 4 aliphatic rings. The van der Waals surface area contributed by atoms with Crippen LogP contribution in [0.4, 0.5) is 5.69 Å². The van der Waals surface area contributed by atoms with Crippen molar-refractivity contribution in [1.29, 1.82) is 10.5 Å². The van der Waals surface area contributed by atoms with Crippen LogP contribution in [0.15, 0.2) is 30.3 Å². The van der Waals surface area contributed by atoms with Crippen molar-refractivity contribution in [3.8, 4) is 12.1 Å². The average molecular weight is 249 g/mol. The molecule has 1 aliphatic heterocycles. The summed E-state index contributed by atoms with van der Waals surface area (Å²) in [5.74, 6) is 0.673. The van der Waals surface area contributed by atoms with Gasteiger partial charge in [0.1, 0.15) is 0 Å². The Morgan fingerprint density at radius 1 is 0.895 bits per heavy atom. The van der Waals surface area contributed by atoms with Gasteiger partial charge in [0.15, 0.2) is 0 Å². The first-order valence-corrected chi connectivity index (χ1v) is 6.99. The van der Waals surface area contributed by atoms with Crippen LogP contribution in [-0.2, 0) is 0 Å². The summed E-state index contributed by atoms with van der Waals surface area (Å²) in [6, 6.07) is 16.3. The van der Waals surface area contributed by atoms with E-state index in [1.54, 1.807) is 0 Å². The highest BCUT2D eigenvalue weighted by Gasteiger charge is 2.67. The van der Waals surface area contributed by atoms with E-state index in [9.17, 15) is 10.5 Å². The summed E-state index contributed by atoms with van der Waals surface area (Å²) >= 11 is 0. The Bertz CT molecular complexity index is 548. The lowest BCUT2D eigenvalue weighted by Crippen LogP contribution is -2.44. The first kappa shape index (κ1) is 10.9. The van der Waals surface area contributed by atoms with Gasteiger partial charge in [-0.05, 0) is 36.8 Å². The molecule has 5 rings (SSSR count). The normalized spacial score (nSPS) is 42.1. The summed E-state index contributed by atoms with van der Waals surface area (Å²) in [5.41, 5.74) is 1.25. The molecule has 1 aromatic carbocycles. The molecule has 3 heteroatoms. The molecule has 1 saturated heterocycles. The van der Waals surface area contributed by atoms with Crippen molar-refractivity contribution < 1.29 is 0 Å². The topological polar surface area (TPSA) is 50.6 Å². The second-order valence-corrected chi connectivity index (χ2v) is 5.94. The number of nitriles is 2. The molecule has 94 valence electrons. The maximum absolute atomic E-state index is 9.39. The first-order chi connectivity index (χ1) is 9.36.